The summed E-state index contributed by atoms with van der Waals surface area (Å²) in [5.74, 6) is 2.24. The number of rotatable bonds is 13. The third kappa shape index (κ3) is 6.48. The second-order valence-corrected chi connectivity index (χ2v) is 15.1. The average molecular weight is 453 g/mol. The molecule has 0 aliphatic heterocycles. The second-order valence-electron chi connectivity index (χ2n) is 13.3. The van der Waals surface area contributed by atoms with Crippen molar-refractivity contribution in [3.8, 4) is 0 Å². The molecule has 0 unspecified atom stereocenters. The first-order valence-electron chi connectivity index (χ1n) is 12.9. The minimum atomic E-state index is -0.361. The predicted molar refractivity (Wildman–Crippen MR) is 147 cm³/mol. The molecule has 2 nitrogen and oxygen atoms in total. The molecule has 0 bridgehead atoms. The van der Waals surface area contributed by atoms with Crippen molar-refractivity contribution in [1.29, 1.82) is 0 Å². The van der Waals surface area contributed by atoms with Crippen LogP contribution in [0.4, 0.5) is 0 Å². The van der Waals surface area contributed by atoms with Crippen molar-refractivity contribution < 1.29 is 0 Å². The van der Waals surface area contributed by atoms with Gasteiger partial charge in [-0.25, -0.2) is 0 Å². The van der Waals surface area contributed by atoms with E-state index in [0.717, 1.165) is 0 Å². The van der Waals surface area contributed by atoms with Gasteiger partial charge in [0.25, 0.3) is 0 Å². The molecule has 0 rings (SSSR count). The lowest BCUT2D eigenvalue weighted by Crippen LogP contribution is -2.74. The van der Waals surface area contributed by atoms with E-state index in [9.17, 15) is 0 Å². The van der Waals surface area contributed by atoms with Gasteiger partial charge in [-0.3, -0.25) is 9.80 Å². The topological polar surface area (TPSA) is 6.48 Å². The molecule has 3 heteroatoms. The zero-order chi connectivity index (χ0) is 25.2. The third-order valence-electron chi connectivity index (χ3n) is 9.36. The fourth-order valence-corrected chi connectivity index (χ4v) is 5.83. The van der Waals surface area contributed by atoms with E-state index in [1.54, 1.807) is 0 Å². The van der Waals surface area contributed by atoms with Crippen LogP contribution >= 0.6 is 0 Å². The van der Waals surface area contributed by atoms with Gasteiger partial charge >= 0.3 is 0 Å². The van der Waals surface area contributed by atoms with Crippen molar-refractivity contribution in [2.24, 2.45) is 23.7 Å². The largest absolute Gasteiger partial charge is 0.277 e. The molecule has 0 aromatic rings. The van der Waals surface area contributed by atoms with E-state index >= 15 is 0 Å². The molecule has 0 aromatic carbocycles. The van der Waals surface area contributed by atoms with Crippen molar-refractivity contribution in [3.63, 3.8) is 0 Å². The summed E-state index contributed by atoms with van der Waals surface area (Å²) in [5, 5.41) is 0. The molecule has 0 aromatic heterocycles. The van der Waals surface area contributed by atoms with E-state index in [2.05, 4.69) is 133 Å². The van der Waals surface area contributed by atoms with Crippen LogP contribution in [0.2, 0.25) is 6.04 Å². The standard InChI is InChI=1S/C28H60N2Si/c1-18-31-19-24(29(25(10,11)20(2)3)26(12,13)21(4)5)30(27(14,15)22(6)7)28(16,17)23(8)9/h18,20-24H,1,19,31H2,2-17H3. The fourth-order valence-electron chi connectivity index (χ4n) is 4.77. The maximum Gasteiger partial charge on any atom is 0.0615 e. The minimum Gasteiger partial charge on any atom is -0.277 e. The molecule has 0 radical (unpaired) electrons. The highest BCUT2D eigenvalue weighted by Gasteiger charge is 2.53. The molecule has 0 aliphatic rings. The maximum atomic E-state index is 4.17. The molecule has 0 saturated heterocycles. The summed E-state index contributed by atoms with van der Waals surface area (Å²) in [5.41, 5.74) is 2.55. The Bertz CT molecular complexity index is 471. The van der Waals surface area contributed by atoms with Gasteiger partial charge in [-0.2, -0.15) is 0 Å². The monoisotopic (exact) mass is 452 g/mol. The fraction of sp³-hybridized carbons (Fsp3) is 0.929. The lowest BCUT2D eigenvalue weighted by atomic mass is 9.76. The van der Waals surface area contributed by atoms with E-state index in [4.69, 9.17) is 0 Å². The van der Waals surface area contributed by atoms with Gasteiger partial charge in [0.2, 0.25) is 0 Å². The van der Waals surface area contributed by atoms with Crippen molar-refractivity contribution in [2.75, 3.05) is 0 Å². The molecular formula is C28H60N2Si. The Kier molecular flexibility index (Phi) is 10.8. The van der Waals surface area contributed by atoms with Gasteiger partial charge in [0.1, 0.15) is 0 Å². The minimum absolute atomic E-state index is 0.0758. The molecule has 0 fully saturated rings. The highest BCUT2D eigenvalue weighted by Crippen LogP contribution is 2.45. The van der Waals surface area contributed by atoms with Crippen LogP contribution in [0.5, 0.6) is 0 Å². The number of nitrogens with zero attached hydrogens (tertiary/aromatic N) is 2. The van der Waals surface area contributed by atoms with E-state index in [1.165, 1.54) is 6.04 Å². The van der Waals surface area contributed by atoms with Crippen molar-refractivity contribution in [2.45, 2.75) is 145 Å². The molecule has 0 heterocycles. The maximum absolute atomic E-state index is 4.17. The summed E-state index contributed by atoms with van der Waals surface area (Å²) in [6.07, 6.45) is 0.384. The third-order valence-corrected chi connectivity index (χ3v) is 10.6. The van der Waals surface area contributed by atoms with Crippen molar-refractivity contribution in [1.82, 2.24) is 9.80 Å². The molecular weight excluding hydrogens is 392 g/mol. The van der Waals surface area contributed by atoms with Crippen molar-refractivity contribution in [3.05, 3.63) is 12.3 Å². The molecule has 0 amide bonds. The highest BCUT2D eigenvalue weighted by atomic mass is 28.2. The second kappa shape index (κ2) is 10.9. The van der Waals surface area contributed by atoms with Crippen LogP contribution in [-0.4, -0.2) is 47.6 Å². The van der Waals surface area contributed by atoms with E-state index in [1.807, 2.05) is 0 Å². The Morgan fingerprint density at radius 2 is 0.806 bits per heavy atom. The number of hydrogen-bond acceptors (Lipinski definition) is 2. The Labute approximate surface area is 200 Å². The first-order chi connectivity index (χ1) is 13.7. The Morgan fingerprint density at radius 1 is 0.581 bits per heavy atom. The zero-order valence-corrected chi connectivity index (χ0v) is 25.9. The number of hydrogen-bond donors (Lipinski definition) is 0. The normalized spacial score (nSPS) is 15.3. The summed E-state index contributed by atoms with van der Waals surface area (Å²) < 4.78 is 0. The predicted octanol–water partition coefficient (Wildman–Crippen LogP) is 7.39. The van der Waals surface area contributed by atoms with Gasteiger partial charge in [0.05, 0.1) is 6.17 Å². The van der Waals surface area contributed by atoms with E-state index < -0.39 is 0 Å². The van der Waals surface area contributed by atoms with Gasteiger partial charge in [-0.05, 0) is 85.1 Å². The smallest absolute Gasteiger partial charge is 0.0615 e. The van der Waals surface area contributed by atoms with Crippen LogP contribution in [0.1, 0.15) is 111 Å². The van der Waals surface area contributed by atoms with Crippen LogP contribution in [0.3, 0.4) is 0 Å². The van der Waals surface area contributed by atoms with Crippen LogP contribution in [-0.2, 0) is 0 Å². The van der Waals surface area contributed by atoms with Gasteiger partial charge in [-0.1, -0.05) is 55.4 Å². The molecule has 0 atom stereocenters. The Balaban J connectivity index is 7.26. The Hall–Kier alpha value is -0.123. The van der Waals surface area contributed by atoms with Crippen molar-refractivity contribution >= 4 is 9.52 Å². The summed E-state index contributed by atoms with van der Waals surface area (Å²) >= 11 is 0. The first kappa shape index (κ1) is 30.9. The SMILES string of the molecule is C=C[SiH2]CC(N(C(C)(C)C(C)C)C(C)(C)C(C)C)N(C(C)(C)C(C)C)C(C)(C)C(C)C. The van der Waals surface area contributed by atoms with Crippen LogP contribution in [0.25, 0.3) is 0 Å². The molecule has 0 saturated carbocycles. The molecule has 0 spiro atoms. The molecule has 186 valence electrons. The van der Waals surface area contributed by atoms with Gasteiger partial charge in [0.15, 0.2) is 0 Å². The summed E-state index contributed by atoms with van der Waals surface area (Å²) in [4.78, 5) is 5.86. The molecule has 0 aliphatic carbocycles. The van der Waals surface area contributed by atoms with Crippen LogP contribution in [0, 0.1) is 23.7 Å². The lowest BCUT2D eigenvalue weighted by molar-refractivity contribution is -0.176. The molecule has 0 N–H and O–H groups in total. The zero-order valence-electron chi connectivity index (χ0n) is 24.5. The summed E-state index contributed by atoms with van der Waals surface area (Å²) in [6, 6.07) is 1.24. The van der Waals surface area contributed by atoms with Crippen LogP contribution < -0.4 is 0 Å². The lowest BCUT2D eigenvalue weighted by Gasteiger charge is -2.64. The van der Waals surface area contributed by atoms with Gasteiger partial charge in [0, 0.05) is 31.7 Å². The van der Waals surface area contributed by atoms with E-state index in [0.29, 0.717) is 29.8 Å². The average Bonchev–Trinajstić information content (AvgIpc) is 2.58. The van der Waals surface area contributed by atoms with Crippen LogP contribution in [0.15, 0.2) is 12.3 Å². The first-order valence-corrected chi connectivity index (χ1v) is 14.7. The quantitative estimate of drug-likeness (QED) is 0.212. The van der Waals surface area contributed by atoms with Gasteiger partial charge < -0.3 is 0 Å². The summed E-state index contributed by atoms with van der Waals surface area (Å²) in [7, 11) is -0.361. The molecule has 31 heavy (non-hydrogen) atoms. The highest BCUT2D eigenvalue weighted by molar-refractivity contribution is 6.42. The van der Waals surface area contributed by atoms with Gasteiger partial charge in [-0.15, -0.1) is 12.3 Å². The Morgan fingerprint density at radius 3 is 0.968 bits per heavy atom. The summed E-state index contributed by atoms with van der Waals surface area (Å²) in [6.45, 7) is 43.2. The van der Waals surface area contributed by atoms with E-state index in [-0.39, 0.29) is 31.7 Å².